The minimum Gasteiger partial charge on any atom is -0.305 e. The predicted molar refractivity (Wildman–Crippen MR) is 90.3 cm³/mol. The van der Waals surface area contributed by atoms with Crippen molar-refractivity contribution in [2.75, 3.05) is 26.7 Å². The average molecular weight is 283 g/mol. The van der Waals surface area contributed by atoms with Crippen LogP contribution >= 0.6 is 0 Å². The van der Waals surface area contributed by atoms with Gasteiger partial charge in [0.05, 0.1) is 0 Å². The second-order valence-electron chi connectivity index (χ2n) is 7.29. The Morgan fingerprint density at radius 2 is 1.70 bits per heavy atom. The van der Waals surface area contributed by atoms with E-state index in [1.807, 2.05) is 0 Å². The van der Waals surface area contributed by atoms with Gasteiger partial charge in [0.15, 0.2) is 0 Å². The van der Waals surface area contributed by atoms with Crippen molar-refractivity contribution in [3.8, 4) is 0 Å². The first kappa shape index (κ1) is 18.0. The molecule has 0 aromatic heterocycles. The van der Waals surface area contributed by atoms with E-state index in [-0.39, 0.29) is 0 Å². The molecule has 1 rings (SSSR count). The lowest BCUT2D eigenvalue weighted by atomic mass is 9.87. The Kier molecular flexibility index (Phi) is 7.53. The van der Waals surface area contributed by atoms with E-state index in [0.29, 0.717) is 5.54 Å². The Labute approximate surface area is 127 Å². The molecule has 2 atom stereocenters. The summed E-state index contributed by atoms with van der Waals surface area (Å²) in [4.78, 5) is 5.41. The molecule has 1 saturated heterocycles. The van der Waals surface area contributed by atoms with Gasteiger partial charge in [-0.1, -0.05) is 40.5 Å². The number of likely N-dealkylation sites (tertiary alicyclic amines) is 1. The summed E-state index contributed by atoms with van der Waals surface area (Å²) in [6.07, 6.45) is 7.95. The van der Waals surface area contributed by atoms with Crippen molar-refractivity contribution in [1.29, 1.82) is 0 Å². The van der Waals surface area contributed by atoms with Gasteiger partial charge >= 0.3 is 0 Å². The van der Waals surface area contributed by atoms with Crippen LogP contribution in [0.5, 0.6) is 0 Å². The Balaban J connectivity index is 2.78. The lowest BCUT2D eigenvalue weighted by Crippen LogP contribution is -2.53. The summed E-state index contributed by atoms with van der Waals surface area (Å²) >= 11 is 0. The van der Waals surface area contributed by atoms with Crippen LogP contribution < -0.4 is 0 Å². The van der Waals surface area contributed by atoms with E-state index in [1.165, 1.54) is 58.2 Å². The zero-order chi connectivity index (χ0) is 15.2. The molecule has 2 nitrogen and oxygen atoms in total. The number of hydrogen-bond donors (Lipinski definition) is 0. The molecule has 1 heterocycles. The molecule has 0 spiro atoms. The van der Waals surface area contributed by atoms with Crippen LogP contribution in [-0.4, -0.2) is 48.1 Å². The Morgan fingerprint density at radius 1 is 1.10 bits per heavy atom. The van der Waals surface area contributed by atoms with Gasteiger partial charge < -0.3 is 4.90 Å². The normalized spacial score (nSPS) is 24.8. The summed E-state index contributed by atoms with van der Waals surface area (Å²) in [5.74, 6) is 0.849. The van der Waals surface area contributed by atoms with Gasteiger partial charge in [0.2, 0.25) is 0 Å². The highest BCUT2D eigenvalue weighted by Crippen LogP contribution is 2.36. The zero-order valence-electron chi connectivity index (χ0n) is 14.9. The first-order valence-corrected chi connectivity index (χ1v) is 8.93. The molecular weight excluding hydrogens is 244 g/mol. The SMILES string of the molecule is CCCN(C)CC1C(C)CCN1C(C)(CCC)CCC. The molecule has 1 aliphatic rings. The van der Waals surface area contributed by atoms with Crippen LogP contribution in [0, 0.1) is 5.92 Å². The summed E-state index contributed by atoms with van der Waals surface area (Å²) in [6.45, 7) is 15.7. The number of nitrogens with zero attached hydrogens (tertiary/aromatic N) is 2. The first-order valence-electron chi connectivity index (χ1n) is 8.93. The van der Waals surface area contributed by atoms with E-state index in [4.69, 9.17) is 0 Å². The molecular formula is C18H38N2. The number of hydrogen-bond acceptors (Lipinski definition) is 2. The fraction of sp³-hybridized carbons (Fsp3) is 1.00. The molecule has 20 heavy (non-hydrogen) atoms. The van der Waals surface area contributed by atoms with Gasteiger partial charge in [-0.05, 0) is 58.7 Å². The smallest absolute Gasteiger partial charge is 0.0254 e. The molecule has 120 valence electrons. The largest absolute Gasteiger partial charge is 0.305 e. The summed E-state index contributed by atoms with van der Waals surface area (Å²) < 4.78 is 0. The fourth-order valence-corrected chi connectivity index (χ4v) is 4.24. The van der Waals surface area contributed by atoms with Crippen LogP contribution in [-0.2, 0) is 0 Å². The lowest BCUT2D eigenvalue weighted by Gasteiger charge is -2.44. The fourth-order valence-electron chi connectivity index (χ4n) is 4.24. The maximum Gasteiger partial charge on any atom is 0.0254 e. The monoisotopic (exact) mass is 282 g/mol. The third-order valence-electron chi connectivity index (χ3n) is 5.26. The van der Waals surface area contributed by atoms with Crippen LogP contribution in [0.4, 0.5) is 0 Å². The van der Waals surface area contributed by atoms with Crippen LogP contribution in [0.3, 0.4) is 0 Å². The van der Waals surface area contributed by atoms with E-state index in [0.717, 1.165) is 12.0 Å². The molecule has 0 aliphatic carbocycles. The van der Waals surface area contributed by atoms with Crippen molar-refractivity contribution >= 4 is 0 Å². The highest BCUT2D eigenvalue weighted by Gasteiger charge is 2.41. The minimum atomic E-state index is 0.423. The molecule has 0 N–H and O–H groups in total. The highest BCUT2D eigenvalue weighted by molar-refractivity contribution is 4.97. The average Bonchev–Trinajstić information content (AvgIpc) is 2.72. The molecule has 1 fully saturated rings. The van der Waals surface area contributed by atoms with Crippen molar-refractivity contribution in [3.63, 3.8) is 0 Å². The Morgan fingerprint density at radius 3 is 2.20 bits per heavy atom. The van der Waals surface area contributed by atoms with Crippen LogP contribution in [0.1, 0.15) is 73.1 Å². The Hall–Kier alpha value is -0.0800. The van der Waals surface area contributed by atoms with E-state index in [9.17, 15) is 0 Å². The predicted octanol–water partition coefficient (Wildman–Crippen LogP) is 4.40. The Bertz CT molecular complexity index is 258. The zero-order valence-corrected chi connectivity index (χ0v) is 14.9. The van der Waals surface area contributed by atoms with Gasteiger partial charge in [-0.2, -0.15) is 0 Å². The lowest BCUT2D eigenvalue weighted by molar-refractivity contribution is 0.0469. The van der Waals surface area contributed by atoms with Crippen molar-refractivity contribution < 1.29 is 0 Å². The van der Waals surface area contributed by atoms with E-state index >= 15 is 0 Å². The molecule has 0 aromatic carbocycles. The van der Waals surface area contributed by atoms with Crippen molar-refractivity contribution in [2.24, 2.45) is 5.92 Å². The van der Waals surface area contributed by atoms with Gasteiger partial charge in [-0.3, -0.25) is 4.90 Å². The number of likely N-dealkylation sites (N-methyl/N-ethyl adjacent to an activating group) is 1. The molecule has 2 heteroatoms. The van der Waals surface area contributed by atoms with E-state index in [1.54, 1.807) is 0 Å². The number of rotatable bonds is 9. The molecule has 0 bridgehead atoms. The second-order valence-corrected chi connectivity index (χ2v) is 7.29. The molecule has 0 saturated carbocycles. The quantitative estimate of drug-likeness (QED) is 0.618. The third kappa shape index (κ3) is 4.46. The summed E-state index contributed by atoms with van der Waals surface area (Å²) in [5, 5.41) is 0. The van der Waals surface area contributed by atoms with Crippen molar-refractivity contribution in [3.05, 3.63) is 0 Å². The maximum atomic E-state index is 2.87. The second kappa shape index (κ2) is 8.38. The molecule has 0 radical (unpaired) electrons. The maximum absolute atomic E-state index is 2.87. The first-order chi connectivity index (χ1) is 9.48. The van der Waals surface area contributed by atoms with Gasteiger partial charge in [0, 0.05) is 18.1 Å². The molecule has 1 aliphatic heterocycles. The summed E-state index contributed by atoms with van der Waals surface area (Å²) in [7, 11) is 2.30. The van der Waals surface area contributed by atoms with E-state index in [2.05, 4.69) is 51.5 Å². The van der Waals surface area contributed by atoms with Gasteiger partial charge in [0.1, 0.15) is 0 Å². The third-order valence-corrected chi connectivity index (χ3v) is 5.26. The van der Waals surface area contributed by atoms with E-state index < -0.39 is 0 Å². The van der Waals surface area contributed by atoms with Crippen LogP contribution in [0.15, 0.2) is 0 Å². The summed E-state index contributed by atoms with van der Waals surface area (Å²) in [6, 6.07) is 0.759. The van der Waals surface area contributed by atoms with Crippen LogP contribution in [0.25, 0.3) is 0 Å². The summed E-state index contributed by atoms with van der Waals surface area (Å²) in [5.41, 5.74) is 0.423. The molecule has 2 unspecified atom stereocenters. The highest BCUT2D eigenvalue weighted by atomic mass is 15.3. The van der Waals surface area contributed by atoms with Crippen molar-refractivity contribution in [1.82, 2.24) is 9.80 Å². The molecule has 0 aromatic rings. The standard InChI is InChI=1S/C18H38N2/c1-7-11-18(5,12-8-2)20-14-10-16(4)17(20)15-19(6)13-9-3/h16-17H,7-15H2,1-6H3. The topological polar surface area (TPSA) is 6.48 Å². The van der Waals surface area contributed by atoms with Crippen LogP contribution in [0.2, 0.25) is 0 Å². The van der Waals surface area contributed by atoms with Gasteiger partial charge in [-0.25, -0.2) is 0 Å². The van der Waals surface area contributed by atoms with Gasteiger partial charge in [0.25, 0.3) is 0 Å². The minimum absolute atomic E-state index is 0.423. The van der Waals surface area contributed by atoms with Crippen molar-refractivity contribution in [2.45, 2.75) is 84.7 Å². The molecule has 0 amide bonds. The van der Waals surface area contributed by atoms with Gasteiger partial charge in [-0.15, -0.1) is 0 Å².